The Balaban J connectivity index is 1.38. The minimum Gasteiger partial charge on any atom is -0.356 e. The quantitative estimate of drug-likeness (QED) is 0.652. The van der Waals surface area contributed by atoms with Gasteiger partial charge < -0.3 is 9.80 Å². The molecular weight excluding hydrogens is 340 g/mol. The number of hydrogen-bond acceptors (Lipinski definition) is 6. The second kappa shape index (κ2) is 9.42. The molecule has 0 saturated carbocycles. The van der Waals surface area contributed by atoms with Crippen LogP contribution in [0.1, 0.15) is 43.5 Å². The number of ketones is 2. The van der Waals surface area contributed by atoms with E-state index in [1.54, 1.807) is 13.1 Å². The molecule has 1 unspecified atom stereocenters. The highest BCUT2D eigenvalue weighted by Crippen LogP contribution is 2.24. The molecule has 0 spiro atoms. The van der Waals surface area contributed by atoms with Crippen molar-refractivity contribution in [3.8, 4) is 0 Å². The summed E-state index contributed by atoms with van der Waals surface area (Å²) in [5.74, 6) is 2.10. The van der Waals surface area contributed by atoms with E-state index in [0.717, 1.165) is 51.6 Å². The highest BCUT2D eigenvalue weighted by molar-refractivity contribution is 5.93. The molecule has 0 aliphatic carbocycles. The smallest absolute Gasteiger partial charge is 0.161 e. The van der Waals surface area contributed by atoms with Crippen molar-refractivity contribution in [1.82, 2.24) is 14.8 Å². The molecule has 1 atom stereocenters. The molecule has 2 aliphatic heterocycles. The first-order valence-corrected chi connectivity index (χ1v) is 10.2. The minimum absolute atomic E-state index is 0.0625. The molecule has 3 rings (SSSR count). The van der Waals surface area contributed by atoms with E-state index in [9.17, 15) is 9.59 Å². The molecule has 3 heterocycles. The van der Waals surface area contributed by atoms with Gasteiger partial charge in [-0.15, -0.1) is 0 Å². The van der Waals surface area contributed by atoms with Gasteiger partial charge in [-0.2, -0.15) is 0 Å². The van der Waals surface area contributed by atoms with Crippen molar-refractivity contribution in [3.63, 3.8) is 0 Å². The standard InChI is InChI=1S/C21H32N4O2/c1-3-20(27)16-24-12-10-23(11-13-24)8-6-18-7-9-25(15-18)21-5-4-19(14-22-21)17(2)26/h4-5,14,18H,3,6-13,15-16H2,1-2H3. The van der Waals surface area contributed by atoms with Crippen LogP contribution in [0.2, 0.25) is 0 Å². The van der Waals surface area contributed by atoms with Crippen LogP contribution in [0.15, 0.2) is 18.3 Å². The third-order valence-corrected chi connectivity index (χ3v) is 5.88. The lowest BCUT2D eigenvalue weighted by molar-refractivity contribution is -0.120. The monoisotopic (exact) mass is 372 g/mol. The van der Waals surface area contributed by atoms with Crippen molar-refractivity contribution < 1.29 is 9.59 Å². The third-order valence-electron chi connectivity index (χ3n) is 5.88. The van der Waals surface area contributed by atoms with Crippen LogP contribution in [-0.2, 0) is 4.79 Å². The van der Waals surface area contributed by atoms with E-state index in [0.29, 0.717) is 30.2 Å². The summed E-state index contributed by atoms with van der Waals surface area (Å²) < 4.78 is 0. The van der Waals surface area contributed by atoms with E-state index in [-0.39, 0.29) is 5.78 Å². The topological polar surface area (TPSA) is 56.8 Å². The van der Waals surface area contributed by atoms with Gasteiger partial charge in [0.1, 0.15) is 11.6 Å². The molecule has 27 heavy (non-hydrogen) atoms. The fourth-order valence-electron chi connectivity index (χ4n) is 3.96. The lowest BCUT2D eigenvalue weighted by atomic mass is 10.0. The Morgan fingerprint density at radius 2 is 1.85 bits per heavy atom. The van der Waals surface area contributed by atoms with E-state index in [1.165, 1.54) is 12.8 Å². The summed E-state index contributed by atoms with van der Waals surface area (Å²) in [5.41, 5.74) is 0.675. The predicted octanol–water partition coefficient (Wildman–Crippen LogP) is 2.10. The summed E-state index contributed by atoms with van der Waals surface area (Å²) >= 11 is 0. The van der Waals surface area contributed by atoms with Gasteiger partial charge in [0.15, 0.2) is 5.78 Å². The SMILES string of the molecule is CCC(=O)CN1CCN(CCC2CCN(c3ccc(C(C)=O)cn3)C2)CC1. The number of pyridine rings is 1. The van der Waals surface area contributed by atoms with Gasteiger partial charge in [0.05, 0.1) is 6.54 Å². The first-order chi connectivity index (χ1) is 13.0. The normalized spacial score (nSPS) is 21.6. The van der Waals surface area contributed by atoms with Gasteiger partial charge in [-0.25, -0.2) is 4.98 Å². The van der Waals surface area contributed by atoms with Crippen molar-refractivity contribution in [3.05, 3.63) is 23.9 Å². The first kappa shape index (κ1) is 20.0. The van der Waals surface area contributed by atoms with E-state index in [4.69, 9.17) is 0 Å². The zero-order chi connectivity index (χ0) is 19.2. The number of anilines is 1. The Kier molecular flexibility index (Phi) is 6.96. The van der Waals surface area contributed by atoms with Gasteiger partial charge in [0, 0.05) is 57.4 Å². The highest BCUT2D eigenvalue weighted by atomic mass is 16.1. The molecule has 6 nitrogen and oxygen atoms in total. The van der Waals surface area contributed by atoms with Crippen molar-refractivity contribution in [2.45, 2.75) is 33.1 Å². The van der Waals surface area contributed by atoms with Crippen LogP contribution in [0.5, 0.6) is 0 Å². The molecule has 6 heteroatoms. The first-order valence-electron chi connectivity index (χ1n) is 10.2. The van der Waals surface area contributed by atoms with Gasteiger partial charge in [-0.3, -0.25) is 14.5 Å². The molecule has 0 aromatic carbocycles. The Bertz CT molecular complexity index is 638. The summed E-state index contributed by atoms with van der Waals surface area (Å²) in [6, 6.07) is 3.84. The number of carbonyl (C=O) groups excluding carboxylic acids is 2. The van der Waals surface area contributed by atoms with E-state index < -0.39 is 0 Å². The Hall–Kier alpha value is -1.79. The molecule has 148 valence electrons. The Morgan fingerprint density at radius 1 is 1.11 bits per heavy atom. The molecule has 1 aromatic heterocycles. The second-order valence-corrected chi connectivity index (χ2v) is 7.86. The number of piperazine rings is 1. The van der Waals surface area contributed by atoms with Gasteiger partial charge in [-0.1, -0.05) is 6.92 Å². The molecule has 0 amide bonds. The largest absolute Gasteiger partial charge is 0.356 e. The number of nitrogens with zero attached hydrogens (tertiary/aromatic N) is 4. The molecule has 0 N–H and O–H groups in total. The fourth-order valence-corrected chi connectivity index (χ4v) is 3.96. The minimum atomic E-state index is 0.0625. The maximum atomic E-state index is 11.6. The summed E-state index contributed by atoms with van der Waals surface area (Å²) in [6.45, 7) is 11.5. The average Bonchev–Trinajstić information content (AvgIpc) is 3.16. The van der Waals surface area contributed by atoms with Crippen LogP contribution in [0.25, 0.3) is 0 Å². The summed E-state index contributed by atoms with van der Waals surface area (Å²) in [4.78, 5) is 34.6. The van der Waals surface area contributed by atoms with E-state index >= 15 is 0 Å². The number of hydrogen-bond donors (Lipinski definition) is 0. The van der Waals surface area contributed by atoms with Crippen LogP contribution >= 0.6 is 0 Å². The van der Waals surface area contributed by atoms with Crippen molar-refractivity contribution in [1.29, 1.82) is 0 Å². The molecule has 2 fully saturated rings. The highest BCUT2D eigenvalue weighted by Gasteiger charge is 2.25. The van der Waals surface area contributed by atoms with Crippen LogP contribution in [0.3, 0.4) is 0 Å². The molecular formula is C21H32N4O2. The zero-order valence-electron chi connectivity index (χ0n) is 16.7. The van der Waals surface area contributed by atoms with Gasteiger partial charge in [-0.05, 0) is 44.4 Å². The maximum Gasteiger partial charge on any atom is 0.161 e. The number of Topliss-reactive ketones (excluding diaryl/α,β-unsaturated/α-hetero) is 2. The molecule has 0 radical (unpaired) electrons. The van der Waals surface area contributed by atoms with Gasteiger partial charge >= 0.3 is 0 Å². The van der Waals surface area contributed by atoms with Crippen molar-refractivity contribution in [2.24, 2.45) is 5.92 Å². The van der Waals surface area contributed by atoms with Gasteiger partial charge in [0.2, 0.25) is 0 Å². The molecule has 2 aliphatic rings. The van der Waals surface area contributed by atoms with Crippen LogP contribution < -0.4 is 4.90 Å². The lowest BCUT2D eigenvalue weighted by Gasteiger charge is -2.34. The van der Waals surface area contributed by atoms with E-state index in [2.05, 4.69) is 19.7 Å². The Labute approximate surface area is 162 Å². The van der Waals surface area contributed by atoms with Crippen LogP contribution in [-0.4, -0.2) is 78.7 Å². The second-order valence-electron chi connectivity index (χ2n) is 7.86. The number of aromatic nitrogens is 1. The number of carbonyl (C=O) groups is 2. The third kappa shape index (κ3) is 5.59. The summed E-state index contributed by atoms with van der Waals surface area (Å²) in [6.07, 6.45) is 4.76. The predicted molar refractivity (Wildman–Crippen MR) is 107 cm³/mol. The molecule has 0 bridgehead atoms. The average molecular weight is 373 g/mol. The fraction of sp³-hybridized carbons (Fsp3) is 0.667. The Morgan fingerprint density at radius 3 is 2.48 bits per heavy atom. The molecule has 1 aromatic rings. The number of rotatable bonds is 8. The van der Waals surface area contributed by atoms with Crippen molar-refractivity contribution in [2.75, 3.05) is 57.3 Å². The van der Waals surface area contributed by atoms with Crippen LogP contribution in [0.4, 0.5) is 5.82 Å². The summed E-state index contributed by atoms with van der Waals surface area (Å²) in [7, 11) is 0. The summed E-state index contributed by atoms with van der Waals surface area (Å²) in [5, 5.41) is 0. The molecule has 2 saturated heterocycles. The maximum absolute atomic E-state index is 11.6. The van der Waals surface area contributed by atoms with Crippen molar-refractivity contribution >= 4 is 17.4 Å². The van der Waals surface area contributed by atoms with E-state index in [1.807, 2.05) is 19.1 Å². The van der Waals surface area contributed by atoms with Gasteiger partial charge in [0.25, 0.3) is 0 Å². The zero-order valence-corrected chi connectivity index (χ0v) is 16.7. The lowest BCUT2D eigenvalue weighted by Crippen LogP contribution is -2.48. The van der Waals surface area contributed by atoms with Crippen LogP contribution in [0, 0.1) is 5.92 Å².